The number of thioether (sulfide) groups is 1. The molecule has 4 rings (SSSR count). The van der Waals surface area contributed by atoms with E-state index < -0.39 is 0 Å². The van der Waals surface area contributed by atoms with Crippen LogP contribution in [0.5, 0.6) is 0 Å². The van der Waals surface area contributed by atoms with Crippen molar-refractivity contribution < 1.29 is 4.79 Å². The van der Waals surface area contributed by atoms with Crippen molar-refractivity contribution in [3.8, 4) is 17.1 Å². The number of rotatable bonds is 7. The Morgan fingerprint density at radius 2 is 1.91 bits per heavy atom. The maximum absolute atomic E-state index is 12.3. The molecule has 0 spiro atoms. The number of carbonyl (C=O) groups excluding carboxylic acids is 1. The summed E-state index contributed by atoms with van der Waals surface area (Å²) >= 11 is 4.76. The molecule has 0 saturated carbocycles. The molecule has 9 heteroatoms. The van der Waals surface area contributed by atoms with Crippen molar-refractivity contribution in [2.45, 2.75) is 12.1 Å². The fourth-order valence-corrected chi connectivity index (χ4v) is 3.97. The number of aromatic nitrogens is 4. The van der Waals surface area contributed by atoms with Gasteiger partial charge in [0.15, 0.2) is 11.0 Å². The minimum atomic E-state index is -0.227. The summed E-state index contributed by atoms with van der Waals surface area (Å²) < 4.78 is 2.90. The number of halogens is 1. The van der Waals surface area contributed by atoms with E-state index in [2.05, 4.69) is 41.6 Å². The molecule has 1 N–H and O–H groups in total. The van der Waals surface area contributed by atoms with Crippen molar-refractivity contribution in [1.82, 2.24) is 25.2 Å². The van der Waals surface area contributed by atoms with Gasteiger partial charge >= 0.3 is 0 Å². The molecule has 0 aliphatic rings. The summed E-state index contributed by atoms with van der Waals surface area (Å²) in [6.45, 7) is 2.01. The van der Waals surface area contributed by atoms with Crippen LogP contribution in [0.4, 0.5) is 0 Å². The molecule has 7 nitrogen and oxygen atoms in total. The van der Waals surface area contributed by atoms with Gasteiger partial charge in [0.25, 0.3) is 5.91 Å². The van der Waals surface area contributed by atoms with Crippen LogP contribution in [0.15, 0.2) is 87.8 Å². The maximum Gasteiger partial charge on any atom is 0.250 e. The first-order chi connectivity index (χ1) is 15.6. The number of carbonyl (C=O) groups is 1. The number of hydrogen-bond acceptors (Lipinski definition) is 6. The number of hydrazone groups is 1. The van der Waals surface area contributed by atoms with E-state index in [1.54, 1.807) is 18.6 Å². The summed E-state index contributed by atoms with van der Waals surface area (Å²) in [5, 5.41) is 13.3. The molecule has 4 aromatic rings. The first kappa shape index (κ1) is 21.9. The first-order valence-electron chi connectivity index (χ1n) is 9.73. The minimum absolute atomic E-state index is 0.149. The fourth-order valence-electron chi connectivity index (χ4n) is 2.97. The third-order valence-corrected chi connectivity index (χ3v) is 5.89. The van der Waals surface area contributed by atoms with Crippen molar-refractivity contribution >= 4 is 39.8 Å². The van der Waals surface area contributed by atoms with Crippen LogP contribution in [0.1, 0.15) is 11.1 Å². The second-order valence-corrected chi connectivity index (χ2v) is 8.71. The SMILES string of the molecule is Cc1cccc(C=NNC(=O)CSc2nnc(-c3ccncc3)n2-c2ccc(Br)cc2)c1. The number of hydrogen-bond donors (Lipinski definition) is 1. The zero-order valence-corrected chi connectivity index (χ0v) is 19.5. The summed E-state index contributed by atoms with van der Waals surface area (Å²) in [5.74, 6) is 0.598. The van der Waals surface area contributed by atoms with E-state index in [1.165, 1.54) is 11.8 Å². The van der Waals surface area contributed by atoms with E-state index in [-0.39, 0.29) is 11.7 Å². The molecule has 2 aromatic heterocycles. The molecular weight excluding hydrogens is 488 g/mol. The highest BCUT2D eigenvalue weighted by Crippen LogP contribution is 2.28. The van der Waals surface area contributed by atoms with Crippen molar-refractivity contribution in [1.29, 1.82) is 0 Å². The highest BCUT2D eigenvalue weighted by molar-refractivity contribution is 9.10. The lowest BCUT2D eigenvalue weighted by Crippen LogP contribution is -2.20. The summed E-state index contributed by atoms with van der Waals surface area (Å²) in [5.41, 5.74) is 6.40. The number of aryl methyl sites for hydroxylation is 1. The van der Waals surface area contributed by atoms with Gasteiger partial charge in [0, 0.05) is 28.1 Å². The van der Waals surface area contributed by atoms with E-state index in [0.717, 1.165) is 26.9 Å². The van der Waals surface area contributed by atoms with Gasteiger partial charge in [-0.3, -0.25) is 14.3 Å². The molecule has 0 atom stereocenters. The van der Waals surface area contributed by atoms with Crippen LogP contribution in [-0.4, -0.2) is 37.6 Å². The van der Waals surface area contributed by atoms with E-state index >= 15 is 0 Å². The van der Waals surface area contributed by atoms with E-state index in [1.807, 2.05) is 72.2 Å². The second-order valence-electron chi connectivity index (χ2n) is 6.85. The molecule has 0 saturated heterocycles. The highest BCUT2D eigenvalue weighted by Gasteiger charge is 2.17. The van der Waals surface area contributed by atoms with Gasteiger partial charge in [0.2, 0.25) is 0 Å². The molecule has 0 fully saturated rings. The Labute approximate surface area is 198 Å². The van der Waals surface area contributed by atoms with Crippen LogP contribution in [0.2, 0.25) is 0 Å². The van der Waals surface area contributed by atoms with E-state index in [4.69, 9.17) is 0 Å². The third kappa shape index (κ3) is 5.49. The van der Waals surface area contributed by atoms with Crippen LogP contribution in [0, 0.1) is 6.92 Å². The lowest BCUT2D eigenvalue weighted by atomic mass is 10.2. The van der Waals surface area contributed by atoms with Crippen LogP contribution >= 0.6 is 27.7 Å². The Kier molecular flexibility index (Phi) is 7.08. The van der Waals surface area contributed by atoms with Crippen molar-refractivity contribution in [3.05, 3.63) is 88.7 Å². The van der Waals surface area contributed by atoms with Crippen molar-refractivity contribution in [2.24, 2.45) is 5.10 Å². The van der Waals surface area contributed by atoms with Crippen molar-refractivity contribution in [2.75, 3.05) is 5.75 Å². The van der Waals surface area contributed by atoms with E-state index in [9.17, 15) is 4.79 Å². The predicted octanol–water partition coefficient (Wildman–Crippen LogP) is 4.64. The summed E-state index contributed by atoms with van der Waals surface area (Å²) in [6, 6.07) is 19.5. The molecular formula is C23H19BrN6OS. The molecule has 0 aliphatic heterocycles. The van der Waals surface area contributed by atoms with Gasteiger partial charge in [0.1, 0.15) is 0 Å². The molecule has 0 bridgehead atoms. The molecule has 32 heavy (non-hydrogen) atoms. The summed E-state index contributed by atoms with van der Waals surface area (Å²) in [7, 11) is 0. The largest absolute Gasteiger partial charge is 0.272 e. The molecule has 2 aromatic carbocycles. The highest BCUT2D eigenvalue weighted by atomic mass is 79.9. The van der Waals surface area contributed by atoms with Gasteiger partial charge in [-0.2, -0.15) is 5.10 Å². The Bertz CT molecular complexity index is 1240. The Balaban J connectivity index is 1.50. The predicted molar refractivity (Wildman–Crippen MR) is 130 cm³/mol. The monoisotopic (exact) mass is 506 g/mol. The topological polar surface area (TPSA) is 85.1 Å². The Hall–Kier alpha value is -3.30. The number of nitrogens with one attached hydrogen (secondary N) is 1. The van der Waals surface area contributed by atoms with Gasteiger partial charge in [-0.25, -0.2) is 5.43 Å². The van der Waals surface area contributed by atoms with Gasteiger partial charge in [-0.05, 0) is 48.9 Å². The standard InChI is InChI=1S/C23H19BrN6OS/c1-16-3-2-4-17(13-16)14-26-27-21(31)15-32-23-29-28-22(18-9-11-25-12-10-18)30(23)20-7-5-19(24)6-8-20/h2-14H,15H2,1H3,(H,27,31). The molecule has 0 unspecified atom stereocenters. The van der Waals surface area contributed by atoms with Crippen LogP contribution in [0.25, 0.3) is 17.1 Å². The van der Waals surface area contributed by atoms with Crippen LogP contribution in [0.3, 0.4) is 0 Å². The third-order valence-electron chi connectivity index (χ3n) is 4.43. The lowest BCUT2D eigenvalue weighted by Gasteiger charge is -2.10. The second kappa shape index (κ2) is 10.3. The lowest BCUT2D eigenvalue weighted by molar-refractivity contribution is -0.118. The summed E-state index contributed by atoms with van der Waals surface area (Å²) in [4.78, 5) is 16.4. The van der Waals surface area contributed by atoms with E-state index in [0.29, 0.717) is 11.0 Å². The molecule has 1 amide bonds. The van der Waals surface area contributed by atoms with Gasteiger partial charge in [-0.1, -0.05) is 57.5 Å². The summed E-state index contributed by atoms with van der Waals surface area (Å²) in [6.07, 6.45) is 5.05. The average molecular weight is 507 g/mol. The number of pyridine rings is 1. The maximum atomic E-state index is 12.3. The smallest absolute Gasteiger partial charge is 0.250 e. The first-order valence-corrected chi connectivity index (χ1v) is 11.5. The normalized spacial score (nSPS) is 11.1. The van der Waals surface area contributed by atoms with Crippen molar-refractivity contribution in [3.63, 3.8) is 0 Å². The van der Waals surface area contributed by atoms with Crippen LogP contribution in [-0.2, 0) is 4.79 Å². The molecule has 2 heterocycles. The van der Waals surface area contributed by atoms with Gasteiger partial charge in [-0.15, -0.1) is 10.2 Å². The number of nitrogens with zero attached hydrogens (tertiary/aromatic N) is 5. The quantitative estimate of drug-likeness (QED) is 0.224. The Morgan fingerprint density at radius 1 is 1.12 bits per heavy atom. The van der Waals surface area contributed by atoms with Gasteiger partial charge in [0.05, 0.1) is 12.0 Å². The zero-order valence-electron chi connectivity index (χ0n) is 17.1. The average Bonchev–Trinajstić information content (AvgIpc) is 3.23. The Morgan fingerprint density at radius 3 is 2.66 bits per heavy atom. The molecule has 0 aliphatic carbocycles. The number of amides is 1. The van der Waals surface area contributed by atoms with Gasteiger partial charge < -0.3 is 0 Å². The zero-order chi connectivity index (χ0) is 22.3. The molecule has 0 radical (unpaired) electrons. The fraction of sp³-hybridized carbons (Fsp3) is 0.0870. The number of benzene rings is 2. The minimum Gasteiger partial charge on any atom is -0.272 e. The van der Waals surface area contributed by atoms with Crippen LogP contribution < -0.4 is 5.43 Å². The molecule has 160 valence electrons.